The van der Waals surface area contributed by atoms with Crippen LogP contribution in [0.15, 0.2) is 42.5 Å². The molecule has 0 aromatic heterocycles. The molecule has 5 saturated carbocycles. The molecule has 10 unspecified atom stereocenters. The van der Waals surface area contributed by atoms with Crippen LogP contribution < -0.4 is 4.74 Å². The summed E-state index contributed by atoms with van der Waals surface area (Å²) in [6.07, 6.45) is 23.4. The van der Waals surface area contributed by atoms with Gasteiger partial charge in [0.05, 0.1) is 55.8 Å². The SMILES string of the molecule is CCC(C)(C)C(=O)O.CCC(C)(C)C(=O)OC(C)C.CCC(C)(C)C(=O)OC1(C(C)C)CCCC1.CCC(C)(C)C(=O)OC1C2CC3C(=O)OC1C3C2.CCC(C)(C)C(=O)OC1CC(C(C)(C)C)CC(C(C)(C)C)C1.CCC(C)(C)C(=O)OC1CCC(C(C)(C)C)CC1.CCC(C)(C)OC(=O)C(C)(C)CC.CCC(C)C(=O)O.CCC(C)c1cc(C(C)(C)C)cc(C(C)(C)C)c1.CCC(C)c1ccc(OC(C)(C)C)cc1. The van der Waals surface area contributed by atoms with Crippen LogP contribution in [0.5, 0.6) is 5.75 Å². The summed E-state index contributed by atoms with van der Waals surface area (Å²) >= 11 is 0. The van der Waals surface area contributed by atoms with E-state index >= 15 is 0 Å². The molecular formula is C127H228O19. The van der Waals surface area contributed by atoms with Gasteiger partial charge in [-0.1, -0.05) is 245 Å². The van der Waals surface area contributed by atoms with E-state index in [0.29, 0.717) is 53.3 Å². The smallest absolute Gasteiger partial charge is 0.312 e. The van der Waals surface area contributed by atoms with E-state index in [9.17, 15) is 43.2 Å². The van der Waals surface area contributed by atoms with Crippen molar-refractivity contribution in [3.8, 4) is 5.75 Å². The van der Waals surface area contributed by atoms with Crippen molar-refractivity contribution in [3.63, 3.8) is 0 Å². The molecule has 2 bridgehead atoms. The Kier molecular flexibility index (Phi) is 57.8. The summed E-state index contributed by atoms with van der Waals surface area (Å²) in [5, 5.41) is 16.6. The fourth-order valence-corrected chi connectivity index (χ4v) is 16.4. The Bertz CT molecular complexity index is 4140. The van der Waals surface area contributed by atoms with Gasteiger partial charge in [-0.15, -0.1) is 0 Å². The predicted octanol–water partition coefficient (Wildman–Crippen LogP) is 34.6. The minimum atomic E-state index is -0.722. The highest BCUT2D eigenvalue weighted by Gasteiger charge is 2.64. The van der Waals surface area contributed by atoms with Crippen LogP contribution in [0.25, 0.3) is 0 Å². The number of carbonyl (C=O) groups is 9. The number of fused-ring (bicyclic) bond motifs is 1. The van der Waals surface area contributed by atoms with Crippen molar-refractivity contribution in [2.75, 3.05) is 0 Å². The minimum Gasteiger partial charge on any atom is -0.488 e. The third-order valence-electron chi connectivity index (χ3n) is 33.0. The van der Waals surface area contributed by atoms with Crippen LogP contribution in [0.2, 0.25) is 0 Å². The Hall–Kier alpha value is -6.53. The molecule has 19 nitrogen and oxygen atoms in total. The summed E-state index contributed by atoms with van der Waals surface area (Å²) in [6, 6.07) is 15.7. The van der Waals surface area contributed by atoms with Gasteiger partial charge in [-0.3, -0.25) is 43.2 Å². The van der Waals surface area contributed by atoms with Crippen LogP contribution in [0.3, 0.4) is 0 Å². The number of aliphatic carboxylic acids is 2. The fraction of sp³-hybridized carbons (Fsp3) is 0.835. The largest absolute Gasteiger partial charge is 0.488 e. The number of hydrogen-bond donors (Lipinski definition) is 2. The van der Waals surface area contributed by atoms with Gasteiger partial charge in [0, 0.05) is 11.8 Å². The van der Waals surface area contributed by atoms with E-state index in [-0.39, 0.29) is 150 Å². The van der Waals surface area contributed by atoms with Gasteiger partial charge < -0.3 is 48.1 Å². The van der Waals surface area contributed by atoms with Gasteiger partial charge in [0.25, 0.3) is 0 Å². The number of esters is 7. The molecule has 1 aliphatic heterocycles. The zero-order chi connectivity index (χ0) is 115. The Labute approximate surface area is 895 Å². The second-order valence-corrected chi connectivity index (χ2v) is 55.5. The summed E-state index contributed by atoms with van der Waals surface area (Å²) < 4.78 is 44.8. The Morgan fingerprint density at radius 3 is 1.09 bits per heavy atom. The normalized spacial score (nSPS) is 21.1. The first-order chi connectivity index (χ1) is 66.0. The predicted molar refractivity (Wildman–Crippen MR) is 606 cm³/mol. The molecule has 2 aromatic carbocycles. The molecule has 1 heterocycles. The Morgan fingerprint density at radius 1 is 0.397 bits per heavy atom. The number of carbonyl (C=O) groups excluding carboxylic acids is 7. The van der Waals surface area contributed by atoms with E-state index in [1.807, 2.05) is 166 Å². The summed E-state index contributed by atoms with van der Waals surface area (Å²) in [5.74, 6) is 3.24. The molecule has 1 saturated heterocycles. The number of hydrogen-bond acceptors (Lipinski definition) is 17. The van der Waals surface area contributed by atoms with Crippen LogP contribution in [-0.4, -0.2) is 111 Å². The van der Waals surface area contributed by atoms with Gasteiger partial charge in [-0.05, 0) is 396 Å². The zero-order valence-electron chi connectivity index (χ0n) is 104. The van der Waals surface area contributed by atoms with Gasteiger partial charge in [0.2, 0.25) is 0 Å². The summed E-state index contributed by atoms with van der Waals surface area (Å²) in [7, 11) is 0. The average molecular weight is 2060 g/mol. The van der Waals surface area contributed by atoms with Crippen LogP contribution in [0.4, 0.5) is 0 Å². The highest BCUT2D eigenvalue weighted by atomic mass is 16.6. The van der Waals surface area contributed by atoms with Crippen molar-refractivity contribution < 1.29 is 91.3 Å². The van der Waals surface area contributed by atoms with Gasteiger partial charge in [0.15, 0.2) is 0 Å². The number of rotatable bonds is 29. The molecule has 0 radical (unpaired) electrons. The molecule has 850 valence electrons. The van der Waals surface area contributed by atoms with Gasteiger partial charge in [-0.25, -0.2) is 0 Å². The Morgan fingerprint density at radius 2 is 0.767 bits per heavy atom. The molecule has 8 rings (SSSR count). The second kappa shape index (κ2) is 59.6. The number of ether oxygens (including phenoxy) is 8. The first kappa shape index (κ1) is 142. The molecule has 0 amide bonds. The third-order valence-corrected chi connectivity index (χ3v) is 33.0. The van der Waals surface area contributed by atoms with E-state index in [2.05, 4.69) is 216 Å². The lowest BCUT2D eigenvalue weighted by Gasteiger charge is -2.45. The maximum Gasteiger partial charge on any atom is 0.312 e. The maximum atomic E-state index is 12.5. The van der Waals surface area contributed by atoms with Gasteiger partial charge in [-0.2, -0.15) is 0 Å². The first-order valence-electron chi connectivity index (χ1n) is 56.9. The fourth-order valence-electron chi connectivity index (χ4n) is 16.4. The summed E-state index contributed by atoms with van der Waals surface area (Å²) in [6.45, 7) is 108. The van der Waals surface area contributed by atoms with Gasteiger partial charge in [0.1, 0.15) is 47.0 Å². The van der Waals surface area contributed by atoms with Crippen molar-refractivity contribution in [2.45, 2.75) is 584 Å². The van der Waals surface area contributed by atoms with Crippen molar-refractivity contribution >= 4 is 53.7 Å². The Balaban J connectivity index is 0. The minimum absolute atomic E-state index is 0.00618. The third kappa shape index (κ3) is 48.6. The molecule has 10 atom stereocenters. The second-order valence-electron chi connectivity index (χ2n) is 55.5. The first-order valence-corrected chi connectivity index (χ1v) is 56.9. The van der Waals surface area contributed by atoms with Crippen molar-refractivity contribution in [3.05, 3.63) is 64.7 Å². The van der Waals surface area contributed by atoms with Crippen molar-refractivity contribution in [1.82, 2.24) is 0 Å². The van der Waals surface area contributed by atoms with E-state index < -0.39 is 22.8 Å². The van der Waals surface area contributed by atoms with Crippen LogP contribution in [-0.2, 0) is 87.1 Å². The molecule has 146 heavy (non-hydrogen) atoms. The van der Waals surface area contributed by atoms with Crippen LogP contribution in [0, 0.1) is 101 Å². The number of benzene rings is 2. The van der Waals surface area contributed by atoms with E-state index in [4.69, 9.17) is 48.1 Å². The quantitative estimate of drug-likeness (QED) is 0.0566. The van der Waals surface area contributed by atoms with Crippen molar-refractivity contribution in [2.24, 2.45) is 101 Å². The molecule has 5 aliphatic carbocycles. The molecular weight excluding hydrogens is 1830 g/mol. The highest BCUT2D eigenvalue weighted by molar-refractivity contribution is 5.80. The monoisotopic (exact) mass is 2060 g/mol. The molecule has 0 spiro atoms. The topological polar surface area (TPSA) is 268 Å². The van der Waals surface area contributed by atoms with Gasteiger partial charge >= 0.3 is 53.7 Å². The lowest BCUT2D eigenvalue weighted by atomic mass is 9.62. The molecule has 19 heteroatoms. The standard InChI is InChI=1S/C20H38O2.C18H30.C16H30O2.C14H20O4.C14H26O2.C14H22O.C11H22O2.C9H18O2.C6H12O2.C5H10O2/c1-10-20(8,9)17(21)22-16-12-14(18(2,3)4)11-15(13-16)19(5,6)7;1-9-13(2)14-10-15(17(3,4)5)12-16(11-14)18(6,7)8;1-7-16(5,6)14(17)18-13-10-8-12(9-11-13)15(2,3)4;1-4-14(2,3)13(16)18-10-7-5-8-9(6-7)12(15)17-11(8)10;1-6-13(4,5)12(15)16-14(11(2)3)9-7-8-10-14;1-6-11(2)12-7-9-13(10-8-12)15-14(3,4)5;1-7-10(3,4)9(12)13-11(5,6)8-2;1-6-9(4,5)8(10)11-7(2)3;1-4-6(2,3)5(7)8;1-3-4(2)5(6)7/h14-16H,10-13H2,1-9H3;10-13H,9H2,1-8H3;12-13H,7-11H2,1-6H3;7-11H,4-6H2,1-3H3;11H,6-10H2,1-5H3;7-11H,6H2,1-5H3;7-8H2,1-6H3;7H,6H2,1-5H3;4H2,1-3H3,(H,7,8);4H,3H2,1-2H3,(H,6,7). The highest BCUT2D eigenvalue weighted by Crippen LogP contribution is 2.56. The van der Waals surface area contributed by atoms with E-state index in [1.165, 1.54) is 67.2 Å². The lowest BCUT2D eigenvalue weighted by molar-refractivity contribution is -0.175. The maximum absolute atomic E-state index is 12.5. The van der Waals surface area contributed by atoms with E-state index in [1.54, 1.807) is 20.8 Å². The number of carboxylic acids is 2. The van der Waals surface area contributed by atoms with E-state index in [0.717, 1.165) is 114 Å². The van der Waals surface area contributed by atoms with Crippen LogP contribution in [0.1, 0.15) is 548 Å². The molecule has 6 aliphatic rings. The zero-order valence-corrected chi connectivity index (χ0v) is 104. The molecule has 6 fully saturated rings. The lowest BCUT2D eigenvalue weighted by Crippen LogP contribution is -2.41. The average Bonchev–Trinajstić information content (AvgIpc) is 1.57. The number of carboxylic acid groups (broad SMARTS) is 2. The van der Waals surface area contributed by atoms with Crippen LogP contribution >= 0.6 is 0 Å². The molecule has 2 N–H and O–H groups in total. The molecule has 2 aromatic rings. The van der Waals surface area contributed by atoms with Crippen molar-refractivity contribution in [1.29, 1.82) is 0 Å². The summed E-state index contributed by atoms with van der Waals surface area (Å²) in [5.41, 5.74) is 3.85. The summed E-state index contributed by atoms with van der Waals surface area (Å²) in [4.78, 5) is 103.